The Hall–Kier alpha value is -0.840. The number of nitrogens with two attached hydrogens (primary N) is 1. The van der Waals surface area contributed by atoms with Crippen LogP contribution < -0.4 is 5.73 Å². The molecular formula is C15H26N2O3. The van der Waals surface area contributed by atoms with E-state index in [0.29, 0.717) is 17.4 Å². The van der Waals surface area contributed by atoms with Crippen LogP contribution >= 0.6 is 0 Å². The van der Waals surface area contributed by atoms with Crippen molar-refractivity contribution in [2.45, 2.75) is 58.3 Å². The average molecular weight is 282 g/mol. The van der Waals surface area contributed by atoms with Gasteiger partial charge in [0.25, 0.3) is 5.09 Å². The van der Waals surface area contributed by atoms with Gasteiger partial charge in [-0.2, -0.15) is 0 Å². The summed E-state index contributed by atoms with van der Waals surface area (Å²) in [6.45, 7) is 3.31. The zero-order chi connectivity index (χ0) is 14.4. The molecule has 0 amide bonds. The SMILES string of the molecule is CCC12CC3CC(CCN)(C1)CC(CO[N+](=O)[O-])(C3)C2. The summed E-state index contributed by atoms with van der Waals surface area (Å²) in [5, 5.41) is 9.99. The average Bonchev–Trinajstić information content (AvgIpc) is 2.35. The first kappa shape index (κ1) is 14.1. The summed E-state index contributed by atoms with van der Waals surface area (Å²) in [7, 11) is 0. The van der Waals surface area contributed by atoms with Crippen molar-refractivity contribution >= 4 is 0 Å². The minimum atomic E-state index is -0.618. The van der Waals surface area contributed by atoms with Crippen LogP contribution in [-0.2, 0) is 4.84 Å². The van der Waals surface area contributed by atoms with E-state index in [4.69, 9.17) is 10.6 Å². The molecule has 4 aliphatic carbocycles. The molecule has 4 unspecified atom stereocenters. The standard InChI is InChI=1S/C15H26N2O3/c1-2-13-5-12-6-14(8-13,3-4-16)10-15(7-12,9-13)11-20-17(18)19/h12H,2-11,16H2,1H3. The molecule has 114 valence electrons. The van der Waals surface area contributed by atoms with Gasteiger partial charge < -0.3 is 10.6 Å². The first-order chi connectivity index (χ1) is 9.44. The molecule has 4 atom stereocenters. The molecule has 4 fully saturated rings. The van der Waals surface area contributed by atoms with Crippen LogP contribution in [0, 0.1) is 32.3 Å². The third kappa shape index (κ3) is 2.20. The second-order valence-electron chi connectivity index (χ2n) is 7.90. The van der Waals surface area contributed by atoms with Gasteiger partial charge in [0.15, 0.2) is 0 Å². The molecular weight excluding hydrogens is 256 g/mol. The summed E-state index contributed by atoms with van der Waals surface area (Å²) in [5.41, 5.74) is 6.63. The van der Waals surface area contributed by atoms with Gasteiger partial charge in [0.1, 0.15) is 6.61 Å². The number of rotatable bonds is 6. The molecule has 4 saturated carbocycles. The molecule has 0 saturated heterocycles. The van der Waals surface area contributed by atoms with Crippen LogP contribution in [0.1, 0.15) is 58.3 Å². The van der Waals surface area contributed by atoms with Crippen molar-refractivity contribution < 1.29 is 9.92 Å². The fraction of sp³-hybridized carbons (Fsp3) is 1.00. The molecule has 4 rings (SSSR count). The van der Waals surface area contributed by atoms with Crippen molar-refractivity contribution in [3.8, 4) is 0 Å². The first-order valence-corrected chi connectivity index (χ1v) is 7.92. The maximum Gasteiger partial charge on any atom is 0.294 e. The molecule has 0 radical (unpaired) electrons. The maximum absolute atomic E-state index is 10.6. The summed E-state index contributed by atoms with van der Waals surface area (Å²) in [6.07, 6.45) is 9.47. The fourth-order valence-corrected chi connectivity index (χ4v) is 6.39. The summed E-state index contributed by atoms with van der Waals surface area (Å²) in [6, 6.07) is 0. The molecule has 0 aromatic rings. The number of nitrogens with zero attached hydrogens (tertiary/aromatic N) is 1. The molecule has 0 aromatic carbocycles. The molecule has 4 aliphatic rings. The van der Waals surface area contributed by atoms with Crippen LogP contribution in [-0.4, -0.2) is 18.2 Å². The lowest BCUT2D eigenvalue weighted by Gasteiger charge is -2.67. The van der Waals surface area contributed by atoms with E-state index in [1.165, 1.54) is 25.7 Å². The van der Waals surface area contributed by atoms with Crippen molar-refractivity contribution in [2.75, 3.05) is 13.2 Å². The number of hydrogen-bond donors (Lipinski definition) is 1. The predicted molar refractivity (Wildman–Crippen MR) is 75.4 cm³/mol. The van der Waals surface area contributed by atoms with Crippen LogP contribution in [0.15, 0.2) is 0 Å². The molecule has 20 heavy (non-hydrogen) atoms. The number of hydrogen-bond acceptors (Lipinski definition) is 4. The van der Waals surface area contributed by atoms with Gasteiger partial charge in [-0.25, -0.2) is 0 Å². The topological polar surface area (TPSA) is 78.4 Å². The van der Waals surface area contributed by atoms with E-state index in [2.05, 4.69) is 6.92 Å². The summed E-state index contributed by atoms with van der Waals surface area (Å²) in [5.74, 6) is 0.730. The lowest BCUT2D eigenvalue weighted by molar-refractivity contribution is -0.761. The summed E-state index contributed by atoms with van der Waals surface area (Å²) >= 11 is 0. The van der Waals surface area contributed by atoms with Gasteiger partial charge in [0.05, 0.1) is 0 Å². The highest BCUT2D eigenvalue weighted by Gasteiger charge is 2.62. The van der Waals surface area contributed by atoms with E-state index in [1.807, 2.05) is 0 Å². The largest absolute Gasteiger partial charge is 0.330 e. The molecule has 2 N–H and O–H groups in total. The summed E-state index contributed by atoms with van der Waals surface area (Å²) in [4.78, 5) is 15.4. The third-order valence-electron chi connectivity index (χ3n) is 6.32. The first-order valence-electron chi connectivity index (χ1n) is 7.92. The van der Waals surface area contributed by atoms with Crippen molar-refractivity contribution in [1.29, 1.82) is 0 Å². The Bertz CT molecular complexity index is 416. The molecule has 5 heteroatoms. The van der Waals surface area contributed by atoms with Crippen molar-refractivity contribution in [3.05, 3.63) is 10.1 Å². The monoisotopic (exact) mass is 282 g/mol. The Kier molecular flexibility index (Phi) is 3.23. The van der Waals surface area contributed by atoms with Crippen LogP contribution in [0.25, 0.3) is 0 Å². The van der Waals surface area contributed by atoms with E-state index in [0.717, 1.165) is 38.1 Å². The van der Waals surface area contributed by atoms with Gasteiger partial charge >= 0.3 is 0 Å². The highest BCUT2D eigenvalue weighted by molar-refractivity contribution is 5.12. The second kappa shape index (κ2) is 4.58. The zero-order valence-electron chi connectivity index (χ0n) is 12.4. The molecule has 5 nitrogen and oxygen atoms in total. The Morgan fingerprint density at radius 3 is 2.45 bits per heavy atom. The van der Waals surface area contributed by atoms with Gasteiger partial charge in [0, 0.05) is 0 Å². The van der Waals surface area contributed by atoms with Crippen molar-refractivity contribution in [2.24, 2.45) is 27.9 Å². The zero-order valence-corrected chi connectivity index (χ0v) is 12.4. The minimum absolute atomic E-state index is 0.0394. The van der Waals surface area contributed by atoms with E-state index in [1.54, 1.807) is 0 Å². The highest BCUT2D eigenvalue weighted by Crippen LogP contribution is 2.71. The van der Waals surface area contributed by atoms with Crippen molar-refractivity contribution in [1.82, 2.24) is 0 Å². The minimum Gasteiger partial charge on any atom is -0.330 e. The quantitative estimate of drug-likeness (QED) is 0.600. The second-order valence-corrected chi connectivity index (χ2v) is 7.90. The smallest absolute Gasteiger partial charge is 0.294 e. The normalized spacial score (nSPS) is 45.6. The molecule has 4 bridgehead atoms. The van der Waals surface area contributed by atoms with Gasteiger partial charge in [-0.05, 0) is 73.7 Å². The Morgan fingerprint density at radius 1 is 1.20 bits per heavy atom. The van der Waals surface area contributed by atoms with E-state index >= 15 is 0 Å². The van der Waals surface area contributed by atoms with E-state index in [9.17, 15) is 10.1 Å². The van der Waals surface area contributed by atoms with Crippen LogP contribution in [0.2, 0.25) is 0 Å². The van der Waals surface area contributed by atoms with Crippen LogP contribution in [0.3, 0.4) is 0 Å². The van der Waals surface area contributed by atoms with Crippen LogP contribution in [0.5, 0.6) is 0 Å². The fourth-order valence-electron chi connectivity index (χ4n) is 6.39. The van der Waals surface area contributed by atoms with Gasteiger partial charge in [-0.3, -0.25) is 0 Å². The maximum atomic E-state index is 10.6. The van der Waals surface area contributed by atoms with Crippen LogP contribution in [0.4, 0.5) is 0 Å². The lowest BCUT2D eigenvalue weighted by atomic mass is 9.38. The van der Waals surface area contributed by atoms with E-state index in [-0.39, 0.29) is 5.41 Å². The Balaban J connectivity index is 1.87. The molecule has 0 aliphatic heterocycles. The molecule has 0 aromatic heterocycles. The summed E-state index contributed by atoms with van der Waals surface area (Å²) < 4.78 is 0. The predicted octanol–water partition coefficient (Wildman–Crippen LogP) is 2.91. The molecule has 0 heterocycles. The highest BCUT2D eigenvalue weighted by atomic mass is 16.9. The lowest BCUT2D eigenvalue weighted by Crippen LogP contribution is -2.58. The van der Waals surface area contributed by atoms with Gasteiger partial charge in [-0.15, -0.1) is 10.1 Å². The van der Waals surface area contributed by atoms with Gasteiger partial charge in [0.2, 0.25) is 0 Å². The Labute approximate surface area is 120 Å². The molecule has 0 spiro atoms. The Morgan fingerprint density at radius 2 is 1.80 bits per heavy atom. The van der Waals surface area contributed by atoms with E-state index < -0.39 is 5.09 Å². The van der Waals surface area contributed by atoms with Crippen molar-refractivity contribution in [3.63, 3.8) is 0 Å². The van der Waals surface area contributed by atoms with Gasteiger partial charge in [-0.1, -0.05) is 13.3 Å². The third-order valence-corrected chi connectivity index (χ3v) is 6.32.